The fourth-order valence-electron chi connectivity index (χ4n) is 4.86. The van der Waals surface area contributed by atoms with E-state index >= 15 is 0 Å². The molecule has 0 aromatic heterocycles. The maximum atomic E-state index is 12.7. The Labute approximate surface area is 143 Å². The number of rotatable bonds is 3. The molecule has 1 aliphatic heterocycles. The summed E-state index contributed by atoms with van der Waals surface area (Å²) >= 11 is 0. The van der Waals surface area contributed by atoms with Crippen molar-refractivity contribution in [3.05, 3.63) is 52.1 Å². The van der Waals surface area contributed by atoms with Crippen LogP contribution in [0, 0.1) is 45.6 Å². The number of nitro benzene ring substituents is 1. The molecule has 7 nitrogen and oxygen atoms in total. The smallest absolute Gasteiger partial charge is 0.269 e. The molecule has 2 saturated carbocycles. The van der Waals surface area contributed by atoms with Gasteiger partial charge in [-0.3, -0.25) is 19.7 Å². The number of allylic oxidation sites excluding steroid dienone is 2. The molecule has 5 aliphatic rings. The number of hydrogen-bond donors (Lipinski definition) is 0. The molecule has 3 fully saturated rings. The Morgan fingerprint density at radius 3 is 2.12 bits per heavy atom. The van der Waals surface area contributed by atoms with Crippen LogP contribution in [0.25, 0.3) is 0 Å². The van der Waals surface area contributed by atoms with Gasteiger partial charge in [0.15, 0.2) is 0 Å². The molecule has 1 saturated heterocycles. The molecule has 0 spiro atoms. The lowest BCUT2D eigenvalue weighted by atomic mass is 9.63. The highest BCUT2D eigenvalue weighted by Crippen LogP contribution is 2.65. The Hall–Kier alpha value is -2.83. The summed E-state index contributed by atoms with van der Waals surface area (Å²) < 4.78 is 0. The molecule has 6 rings (SSSR count). The zero-order valence-corrected chi connectivity index (χ0v) is 13.2. The van der Waals surface area contributed by atoms with Crippen molar-refractivity contribution in [3.63, 3.8) is 0 Å². The van der Waals surface area contributed by atoms with Crippen molar-refractivity contribution in [3.8, 4) is 0 Å². The van der Waals surface area contributed by atoms with Gasteiger partial charge in [0.1, 0.15) is 0 Å². The highest BCUT2D eigenvalue weighted by Gasteiger charge is 2.67. The molecular formula is C18H15N3O4. The third kappa shape index (κ3) is 1.95. The lowest BCUT2D eigenvalue weighted by molar-refractivity contribution is -0.384. The van der Waals surface area contributed by atoms with Gasteiger partial charge in [-0.25, -0.2) is 0 Å². The number of carbonyl (C=O) groups excluding carboxylic acids is 2. The molecule has 2 amide bonds. The van der Waals surface area contributed by atoms with E-state index in [1.54, 1.807) is 12.1 Å². The van der Waals surface area contributed by atoms with E-state index in [4.69, 9.17) is 0 Å². The van der Waals surface area contributed by atoms with Gasteiger partial charge in [0.05, 0.1) is 23.0 Å². The Morgan fingerprint density at radius 2 is 1.60 bits per heavy atom. The van der Waals surface area contributed by atoms with Gasteiger partial charge >= 0.3 is 0 Å². The predicted molar refractivity (Wildman–Crippen MR) is 87.2 cm³/mol. The van der Waals surface area contributed by atoms with Gasteiger partial charge in [0.25, 0.3) is 17.5 Å². The molecule has 7 heteroatoms. The van der Waals surface area contributed by atoms with Crippen molar-refractivity contribution in [2.45, 2.75) is 6.42 Å². The second-order valence-corrected chi connectivity index (χ2v) is 7.24. The predicted octanol–water partition coefficient (Wildman–Crippen LogP) is 1.98. The van der Waals surface area contributed by atoms with Crippen molar-refractivity contribution in [2.24, 2.45) is 40.6 Å². The summed E-state index contributed by atoms with van der Waals surface area (Å²) in [6.07, 6.45) is 6.78. The number of non-ortho nitro benzene ring substituents is 1. The Morgan fingerprint density at radius 1 is 1.04 bits per heavy atom. The molecule has 2 bridgehead atoms. The number of nitro groups is 1. The quantitative estimate of drug-likeness (QED) is 0.277. The number of imide groups is 1. The summed E-state index contributed by atoms with van der Waals surface area (Å²) in [6.45, 7) is 0. The van der Waals surface area contributed by atoms with Crippen LogP contribution in [0.2, 0.25) is 0 Å². The van der Waals surface area contributed by atoms with Gasteiger partial charge in [-0.05, 0) is 47.8 Å². The van der Waals surface area contributed by atoms with Gasteiger partial charge in [0, 0.05) is 12.1 Å². The molecule has 0 radical (unpaired) electrons. The van der Waals surface area contributed by atoms with Crippen molar-refractivity contribution in [2.75, 3.05) is 0 Å². The van der Waals surface area contributed by atoms with Gasteiger partial charge in [-0.2, -0.15) is 10.1 Å². The Balaban J connectivity index is 1.39. The number of benzene rings is 1. The van der Waals surface area contributed by atoms with E-state index in [-0.39, 0.29) is 41.2 Å². The highest BCUT2D eigenvalue weighted by molar-refractivity contribution is 6.06. The summed E-state index contributed by atoms with van der Waals surface area (Å²) in [4.78, 5) is 35.7. The van der Waals surface area contributed by atoms with E-state index in [1.807, 2.05) is 0 Å². The van der Waals surface area contributed by atoms with E-state index in [9.17, 15) is 19.7 Å². The second kappa shape index (κ2) is 4.84. The van der Waals surface area contributed by atoms with Gasteiger partial charge < -0.3 is 0 Å². The molecule has 0 N–H and O–H groups in total. The van der Waals surface area contributed by atoms with Crippen LogP contribution in [-0.2, 0) is 9.59 Å². The number of nitrogens with zero attached hydrogens (tertiary/aromatic N) is 3. The maximum absolute atomic E-state index is 12.7. The summed E-state index contributed by atoms with van der Waals surface area (Å²) in [7, 11) is 0. The normalized spacial score (nSPS) is 37.5. The van der Waals surface area contributed by atoms with Crippen LogP contribution in [0.3, 0.4) is 0 Å². The molecule has 6 atom stereocenters. The Kier molecular flexibility index (Phi) is 2.81. The lowest BCUT2D eigenvalue weighted by Gasteiger charge is -2.37. The van der Waals surface area contributed by atoms with Crippen LogP contribution in [0.5, 0.6) is 0 Å². The zero-order chi connectivity index (χ0) is 17.3. The van der Waals surface area contributed by atoms with Gasteiger partial charge in [-0.15, -0.1) is 0 Å². The summed E-state index contributed by atoms with van der Waals surface area (Å²) in [5, 5.41) is 15.8. The van der Waals surface area contributed by atoms with E-state index in [0.717, 1.165) is 11.4 Å². The third-order valence-electron chi connectivity index (χ3n) is 6.07. The first-order chi connectivity index (χ1) is 12.1. The molecule has 25 heavy (non-hydrogen) atoms. The summed E-state index contributed by atoms with van der Waals surface area (Å²) in [5.74, 6) is 0.529. The second-order valence-electron chi connectivity index (χ2n) is 7.24. The van der Waals surface area contributed by atoms with Gasteiger partial charge in [-0.1, -0.05) is 12.2 Å². The van der Waals surface area contributed by atoms with Crippen molar-refractivity contribution in [1.82, 2.24) is 5.01 Å². The van der Waals surface area contributed by atoms with E-state index in [2.05, 4.69) is 17.3 Å². The van der Waals surface area contributed by atoms with Crippen molar-refractivity contribution in [1.29, 1.82) is 0 Å². The zero-order valence-electron chi connectivity index (χ0n) is 13.2. The molecule has 1 aromatic rings. The molecule has 126 valence electrons. The molecule has 1 aromatic carbocycles. The minimum atomic E-state index is -0.479. The minimum Gasteiger partial charge on any atom is -0.272 e. The standard InChI is InChI=1S/C18H15N3O4/c22-17-15-11-5-6-12(14-7-13(11)14)16(15)18(23)20(17)19-8-9-1-3-10(4-2-9)21(24)25/h1-6,8,11-16H,7H2/t11-,12-,13-,14-,15-,16+/m0/s1. The number of carbonyl (C=O) groups is 2. The van der Waals surface area contributed by atoms with Crippen LogP contribution in [0.15, 0.2) is 41.5 Å². The first-order valence-corrected chi connectivity index (χ1v) is 8.41. The van der Waals surface area contributed by atoms with Crippen LogP contribution in [-0.4, -0.2) is 28.0 Å². The summed E-state index contributed by atoms with van der Waals surface area (Å²) in [5.41, 5.74) is 0.586. The van der Waals surface area contributed by atoms with E-state index in [0.29, 0.717) is 17.4 Å². The average Bonchev–Trinajstić information content (AvgIpc) is 3.39. The Bertz CT molecular complexity index is 824. The molecule has 0 unspecified atom stereocenters. The monoisotopic (exact) mass is 337 g/mol. The topological polar surface area (TPSA) is 92.9 Å². The van der Waals surface area contributed by atoms with Crippen LogP contribution in [0.1, 0.15) is 12.0 Å². The van der Waals surface area contributed by atoms with Crippen LogP contribution >= 0.6 is 0 Å². The third-order valence-corrected chi connectivity index (χ3v) is 6.07. The first-order valence-electron chi connectivity index (χ1n) is 8.41. The minimum absolute atomic E-state index is 0.0154. The van der Waals surface area contributed by atoms with Crippen molar-refractivity contribution >= 4 is 23.7 Å². The largest absolute Gasteiger partial charge is 0.272 e. The number of hydrazone groups is 1. The van der Waals surface area contributed by atoms with E-state index < -0.39 is 4.92 Å². The van der Waals surface area contributed by atoms with Crippen LogP contribution in [0.4, 0.5) is 5.69 Å². The van der Waals surface area contributed by atoms with Crippen molar-refractivity contribution < 1.29 is 14.5 Å². The fraction of sp³-hybridized carbons (Fsp3) is 0.389. The molecular weight excluding hydrogens is 322 g/mol. The number of hydrogen-bond acceptors (Lipinski definition) is 5. The van der Waals surface area contributed by atoms with Crippen LogP contribution < -0.4 is 0 Å². The lowest BCUT2D eigenvalue weighted by Crippen LogP contribution is -2.40. The fourth-order valence-corrected chi connectivity index (χ4v) is 4.86. The van der Waals surface area contributed by atoms with E-state index in [1.165, 1.54) is 18.3 Å². The SMILES string of the molecule is O=C1[C@@H]2[C@H]3C=C[C@@H]([C@@H]4C[C@@H]34)[C@@H]2C(=O)N1N=Cc1ccc([N+](=O)[O-])cc1. The number of amides is 2. The maximum Gasteiger partial charge on any atom is 0.269 e. The highest BCUT2D eigenvalue weighted by atomic mass is 16.6. The first kappa shape index (κ1) is 14.5. The van der Waals surface area contributed by atoms with Gasteiger partial charge in [0.2, 0.25) is 0 Å². The molecule has 1 heterocycles. The average molecular weight is 337 g/mol. The summed E-state index contributed by atoms with van der Waals surface area (Å²) in [6, 6.07) is 5.82. The molecule has 4 aliphatic carbocycles.